The van der Waals surface area contributed by atoms with Gasteiger partial charge in [-0.2, -0.15) is 0 Å². The smallest absolute Gasteiger partial charge is 0.315 e. The van der Waals surface area contributed by atoms with Crippen molar-refractivity contribution in [1.29, 1.82) is 0 Å². The number of para-hydroxylation sites is 1. The fraction of sp³-hybridized carbons (Fsp3) is 0.235. The van der Waals surface area contributed by atoms with E-state index in [2.05, 4.69) is 0 Å². The van der Waals surface area contributed by atoms with Crippen molar-refractivity contribution >= 4 is 29.1 Å². The summed E-state index contributed by atoms with van der Waals surface area (Å²) in [6.07, 6.45) is -1.53. The molecule has 26 heavy (non-hydrogen) atoms. The Morgan fingerprint density at radius 3 is 2.19 bits per heavy atom. The number of aliphatic hydroxyl groups excluding tert-OH is 1. The lowest BCUT2D eigenvalue weighted by Gasteiger charge is -2.25. The summed E-state index contributed by atoms with van der Waals surface area (Å²) in [7, 11) is 0. The number of halogens is 2. The molecule has 0 saturated heterocycles. The predicted octanol–water partition coefficient (Wildman–Crippen LogP) is 3.38. The number of hydrogen-bond donors (Lipinski definition) is 1. The maximum atomic E-state index is 12.1. The van der Waals surface area contributed by atoms with Crippen molar-refractivity contribution in [1.82, 2.24) is 4.90 Å². The van der Waals surface area contributed by atoms with Gasteiger partial charge in [0.05, 0.1) is 18.1 Å². The topological polar surface area (TPSA) is 92.9 Å². The number of nitro groups is 1. The second-order valence-corrected chi connectivity index (χ2v) is 6.30. The van der Waals surface area contributed by atoms with Crippen LogP contribution in [0.2, 0.25) is 0 Å². The van der Waals surface area contributed by atoms with E-state index >= 15 is 0 Å². The Balaban J connectivity index is 2.26. The van der Waals surface area contributed by atoms with E-state index in [0.29, 0.717) is 11.5 Å². The van der Waals surface area contributed by atoms with E-state index < -0.39 is 28.4 Å². The summed E-state index contributed by atoms with van der Waals surface area (Å²) in [4.78, 5) is 22.3. The summed E-state index contributed by atoms with van der Waals surface area (Å²) in [6.45, 7) is -0.742. The third-order valence-corrected chi connectivity index (χ3v) is 3.84. The van der Waals surface area contributed by atoms with Crippen LogP contribution in [0.4, 0.5) is 0 Å². The molecule has 138 valence electrons. The summed E-state index contributed by atoms with van der Waals surface area (Å²) >= 11 is 11.1. The molecule has 0 aromatic heterocycles. The van der Waals surface area contributed by atoms with E-state index in [1.165, 1.54) is 12.1 Å². The summed E-state index contributed by atoms with van der Waals surface area (Å²) in [5.74, 6) is 0.249. The van der Waals surface area contributed by atoms with Crippen LogP contribution in [0.25, 0.3) is 0 Å². The Kier molecular flexibility index (Phi) is 7.20. The van der Waals surface area contributed by atoms with Crippen molar-refractivity contribution < 1.29 is 19.6 Å². The van der Waals surface area contributed by atoms with Crippen LogP contribution in [-0.4, -0.2) is 38.8 Å². The average Bonchev–Trinajstić information content (AvgIpc) is 2.62. The van der Waals surface area contributed by atoms with Crippen LogP contribution in [0.1, 0.15) is 11.7 Å². The zero-order chi connectivity index (χ0) is 19.1. The first kappa shape index (κ1) is 20.0. The van der Waals surface area contributed by atoms with Crippen LogP contribution in [0.15, 0.2) is 54.6 Å². The van der Waals surface area contributed by atoms with Gasteiger partial charge < -0.3 is 9.84 Å². The second kappa shape index (κ2) is 9.38. The highest BCUT2D eigenvalue weighted by molar-refractivity contribution is 6.53. The molecule has 1 atom stereocenters. The minimum Gasteiger partial charge on any atom is -0.457 e. The third kappa shape index (κ3) is 5.08. The molecule has 0 aliphatic rings. The molecule has 2 rings (SSSR count). The number of aliphatic hydroxyl groups is 1. The summed E-state index contributed by atoms with van der Waals surface area (Å²) in [6, 6.07) is 15.1. The molecular weight excluding hydrogens is 383 g/mol. The lowest BCUT2D eigenvalue weighted by molar-refractivity contribution is -0.553. The molecule has 0 aliphatic heterocycles. The van der Waals surface area contributed by atoms with Gasteiger partial charge in [-0.25, -0.2) is 0 Å². The van der Waals surface area contributed by atoms with Gasteiger partial charge in [0.25, 0.3) is 5.91 Å². The quantitative estimate of drug-likeness (QED) is 0.318. The maximum absolute atomic E-state index is 12.1. The Morgan fingerprint density at radius 1 is 1.12 bits per heavy atom. The van der Waals surface area contributed by atoms with Crippen molar-refractivity contribution in [2.24, 2.45) is 0 Å². The third-order valence-electron chi connectivity index (χ3n) is 3.46. The zero-order valence-corrected chi connectivity index (χ0v) is 15.0. The molecule has 2 aromatic rings. The lowest BCUT2D eigenvalue weighted by Crippen LogP contribution is -2.43. The molecule has 0 aliphatic carbocycles. The van der Waals surface area contributed by atoms with Gasteiger partial charge in [0.1, 0.15) is 11.5 Å². The van der Waals surface area contributed by atoms with Gasteiger partial charge in [0.15, 0.2) is 4.84 Å². The number of hydrogen-bond acceptors (Lipinski definition) is 5. The van der Waals surface area contributed by atoms with Gasteiger partial charge in [0, 0.05) is 5.56 Å². The van der Waals surface area contributed by atoms with Gasteiger partial charge in [-0.3, -0.25) is 19.8 Å². The SMILES string of the molecule is O=C(C(Cl)Cl)N(CCO)C(c1ccc(Oc2ccccc2)cc1)[N+](=O)[O-]. The molecule has 0 saturated carbocycles. The van der Waals surface area contributed by atoms with Gasteiger partial charge in [-0.15, -0.1) is 0 Å². The Morgan fingerprint density at radius 2 is 1.69 bits per heavy atom. The van der Waals surface area contributed by atoms with Crippen molar-refractivity contribution in [3.63, 3.8) is 0 Å². The van der Waals surface area contributed by atoms with E-state index in [-0.39, 0.29) is 12.1 Å². The minimum absolute atomic E-state index is 0.228. The molecular formula is C17H16Cl2N2O5. The monoisotopic (exact) mass is 398 g/mol. The molecule has 0 heterocycles. The van der Waals surface area contributed by atoms with Crippen molar-refractivity contribution in [3.8, 4) is 11.5 Å². The Hall–Kier alpha value is -2.35. The summed E-state index contributed by atoms with van der Waals surface area (Å²) in [5, 5.41) is 20.7. The van der Waals surface area contributed by atoms with Crippen LogP contribution >= 0.6 is 23.2 Å². The predicted molar refractivity (Wildman–Crippen MR) is 97.0 cm³/mol. The fourth-order valence-corrected chi connectivity index (χ4v) is 2.58. The molecule has 0 fully saturated rings. The highest BCUT2D eigenvalue weighted by Crippen LogP contribution is 2.27. The highest BCUT2D eigenvalue weighted by atomic mass is 35.5. The lowest BCUT2D eigenvalue weighted by atomic mass is 10.1. The molecule has 0 radical (unpaired) electrons. The summed E-state index contributed by atoms with van der Waals surface area (Å²) in [5.41, 5.74) is 0.228. The van der Waals surface area contributed by atoms with Gasteiger partial charge >= 0.3 is 6.17 Å². The normalized spacial score (nSPS) is 11.8. The number of carbonyl (C=O) groups is 1. The van der Waals surface area contributed by atoms with Crippen molar-refractivity contribution in [2.75, 3.05) is 13.2 Å². The standard InChI is InChI=1S/C17H16Cl2N2O5/c18-15(19)17(23)20(10-11-22)16(21(24)25)12-6-8-14(9-7-12)26-13-4-2-1-3-5-13/h1-9,15-16,22H,10-11H2. The van der Waals surface area contributed by atoms with E-state index in [1.54, 1.807) is 24.3 Å². The number of benzene rings is 2. The number of carbonyl (C=O) groups excluding carboxylic acids is 1. The average molecular weight is 399 g/mol. The zero-order valence-electron chi connectivity index (χ0n) is 13.5. The van der Waals surface area contributed by atoms with Crippen LogP contribution in [0, 0.1) is 10.1 Å². The van der Waals surface area contributed by atoms with E-state index in [4.69, 9.17) is 33.0 Å². The van der Waals surface area contributed by atoms with Crippen LogP contribution < -0.4 is 4.74 Å². The van der Waals surface area contributed by atoms with E-state index in [1.807, 2.05) is 18.2 Å². The Labute approximate surface area is 159 Å². The minimum atomic E-state index is -1.53. The molecule has 1 unspecified atom stereocenters. The molecule has 2 aromatic carbocycles. The molecule has 1 N–H and O–H groups in total. The molecule has 9 heteroatoms. The number of amides is 1. The molecule has 1 amide bonds. The first-order chi connectivity index (χ1) is 12.4. The number of nitrogens with zero attached hydrogens (tertiary/aromatic N) is 2. The number of ether oxygens (including phenoxy) is 1. The van der Waals surface area contributed by atoms with E-state index in [9.17, 15) is 14.9 Å². The van der Waals surface area contributed by atoms with E-state index in [0.717, 1.165) is 4.90 Å². The molecule has 0 spiro atoms. The van der Waals surface area contributed by atoms with Crippen molar-refractivity contribution in [3.05, 3.63) is 70.3 Å². The van der Waals surface area contributed by atoms with Gasteiger partial charge in [-0.1, -0.05) is 41.4 Å². The van der Waals surface area contributed by atoms with Crippen molar-refractivity contribution in [2.45, 2.75) is 11.0 Å². The number of alkyl halides is 2. The van der Waals surface area contributed by atoms with Crippen LogP contribution in [0.5, 0.6) is 11.5 Å². The molecule has 7 nitrogen and oxygen atoms in total. The first-order valence-corrected chi connectivity index (χ1v) is 8.47. The number of rotatable bonds is 8. The van der Waals surface area contributed by atoms with Gasteiger partial charge in [0.2, 0.25) is 0 Å². The van der Waals surface area contributed by atoms with Gasteiger partial charge in [-0.05, 0) is 36.4 Å². The largest absolute Gasteiger partial charge is 0.457 e. The fourth-order valence-electron chi connectivity index (χ4n) is 2.33. The van der Waals surface area contributed by atoms with Crippen LogP contribution in [0.3, 0.4) is 0 Å². The molecule has 0 bridgehead atoms. The highest BCUT2D eigenvalue weighted by Gasteiger charge is 2.36. The second-order valence-electron chi connectivity index (χ2n) is 5.20. The van der Waals surface area contributed by atoms with Crippen LogP contribution in [-0.2, 0) is 4.79 Å². The Bertz CT molecular complexity index is 741. The maximum Gasteiger partial charge on any atom is 0.315 e. The first-order valence-electron chi connectivity index (χ1n) is 7.60. The summed E-state index contributed by atoms with van der Waals surface area (Å²) < 4.78 is 5.63.